The van der Waals surface area contributed by atoms with Gasteiger partial charge in [-0.05, 0) is 37.1 Å². The molecule has 0 radical (unpaired) electrons. The normalized spacial score (nSPS) is 17.1. The number of nitrogens with one attached hydrogen (secondary N) is 1. The molecule has 0 bridgehead atoms. The standard InChI is InChI=1S/C15H16BrNO4/c1-8-5-10(16)6-12(9(8)2)17-7-11-13(18)20-15(3,4)21-14(11)19/h5-7,17H,1-4H3. The van der Waals surface area contributed by atoms with Crippen LogP contribution in [0.3, 0.4) is 0 Å². The molecule has 1 aliphatic heterocycles. The van der Waals surface area contributed by atoms with E-state index in [1.807, 2.05) is 26.0 Å². The topological polar surface area (TPSA) is 64.6 Å². The van der Waals surface area contributed by atoms with Crippen molar-refractivity contribution in [3.8, 4) is 0 Å². The highest BCUT2D eigenvalue weighted by Gasteiger charge is 2.38. The van der Waals surface area contributed by atoms with Crippen molar-refractivity contribution in [3.63, 3.8) is 0 Å². The van der Waals surface area contributed by atoms with E-state index in [0.717, 1.165) is 21.3 Å². The molecule has 6 heteroatoms. The Labute approximate surface area is 131 Å². The number of carbonyl (C=O) groups excluding carboxylic acids is 2. The predicted molar refractivity (Wildman–Crippen MR) is 81.6 cm³/mol. The molecule has 1 saturated heterocycles. The van der Waals surface area contributed by atoms with Gasteiger partial charge in [0.1, 0.15) is 0 Å². The highest BCUT2D eigenvalue weighted by Crippen LogP contribution is 2.26. The molecule has 0 aromatic heterocycles. The summed E-state index contributed by atoms with van der Waals surface area (Å²) in [5.41, 5.74) is 2.74. The first-order valence-corrected chi connectivity index (χ1v) is 7.19. The average Bonchev–Trinajstić information content (AvgIpc) is 2.32. The summed E-state index contributed by atoms with van der Waals surface area (Å²) >= 11 is 3.41. The lowest BCUT2D eigenvalue weighted by atomic mass is 10.1. The molecule has 0 spiro atoms. The van der Waals surface area contributed by atoms with Crippen molar-refractivity contribution in [1.82, 2.24) is 0 Å². The molecule has 1 fully saturated rings. The molecule has 21 heavy (non-hydrogen) atoms. The molecule has 1 heterocycles. The van der Waals surface area contributed by atoms with E-state index in [4.69, 9.17) is 9.47 Å². The summed E-state index contributed by atoms with van der Waals surface area (Å²) in [6.07, 6.45) is 1.31. The van der Waals surface area contributed by atoms with Gasteiger partial charge in [0.2, 0.25) is 0 Å². The third kappa shape index (κ3) is 3.44. The fourth-order valence-electron chi connectivity index (χ4n) is 1.89. The fraction of sp³-hybridized carbons (Fsp3) is 0.333. The maximum absolute atomic E-state index is 11.8. The van der Waals surface area contributed by atoms with Gasteiger partial charge in [0.25, 0.3) is 5.79 Å². The molecule has 2 rings (SSSR count). The van der Waals surface area contributed by atoms with Gasteiger partial charge in [-0.3, -0.25) is 0 Å². The first kappa shape index (κ1) is 15.6. The van der Waals surface area contributed by atoms with Gasteiger partial charge < -0.3 is 14.8 Å². The Kier molecular flexibility index (Phi) is 4.09. The van der Waals surface area contributed by atoms with Crippen molar-refractivity contribution in [2.75, 3.05) is 5.32 Å². The second-order valence-corrected chi connectivity index (χ2v) is 6.19. The fourth-order valence-corrected chi connectivity index (χ4v) is 2.47. The van der Waals surface area contributed by atoms with Gasteiger partial charge >= 0.3 is 11.9 Å². The number of esters is 2. The van der Waals surface area contributed by atoms with Gasteiger partial charge in [-0.25, -0.2) is 9.59 Å². The molecule has 1 aliphatic rings. The smallest absolute Gasteiger partial charge is 0.350 e. The van der Waals surface area contributed by atoms with Crippen LogP contribution < -0.4 is 5.32 Å². The van der Waals surface area contributed by atoms with Crippen LogP contribution in [-0.2, 0) is 19.1 Å². The number of halogens is 1. The summed E-state index contributed by atoms with van der Waals surface area (Å²) in [5.74, 6) is -2.63. The SMILES string of the molecule is Cc1cc(Br)cc(NC=C2C(=O)OC(C)(C)OC2=O)c1C. The summed E-state index contributed by atoms with van der Waals surface area (Å²) in [6, 6.07) is 3.85. The number of carbonyl (C=O) groups is 2. The Bertz CT molecular complexity index is 627. The van der Waals surface area contributed by atoms with Gasteiger partial charge in [-0.15, -0.1) is 0 Å². The molecular weight excluding hydrogens is 338 g/mol. The van der Waals surface area contributed by atoms with Crippen LogP contribution in [0.5, 0.6) is 0 Å². The predicted octanol–water partition coefficient (Wildman–Crippen LogP) is 3.20. The molecule has 5 nitrogen and oxygen atoms in total. The van der Waals surface area contributed by atoms with Crippen molar-refractivity contribution in [2.45, 2.75) is 33.5 Å². The zero-order valence-corrected chi connectivity index (χ0v) is 13.8. The monoisotopic (exact) mass is 353 g/mol. The number of hydrogen-bond acceptors (Lipinski definition) is 5. The van der Waals surface area contributed by atoms with Crippen molar-refractivity contribution < 1.29 is 19.1 Å². The van der Waals surface area contributed by atoms with Crippen molar-refractivity contribution >= 4 is 33.6 Å². The molecular formula is C15H16BrNO4. The number of anilines is 1. The lowest BCUT2D eigenvalue weighted by Crippen LogP contribution is -2.42. The van der Waals surface area contributed by atoms with E-state index in [2.05, 4.69) is 21.2 Å². The lowest BCUT2D eigenvalue weighted by molar-refractivity contribution is -0.222. The minimum Gasteiger partial charge on any atom is -0.419 e. The third-order valence-corrected chi connectivity index (χ3v) is 3.58. The molecule has 112 valence electrons. The minimum atomic E-state index is -1.23. The second kappa shape index (κ2) is 5.52. The molecule has 0 unspecified atom stereocenters. The first-order valence-electron chi connectivity index (χ1n) is 6.40. The van der Waals surface area contributed by atoms with Gasteiger partial charge in [0.05, 0.1) is 0 Å². The Morgan fingerprint density at radius 2 is 1.71 bits per heavy atom. The molecule has 0 saturated carbocycles. The highest BCUT2D eigenvalue weighted by molar-refractivity contribution is 9.10. The third-order valence-electron chi connectivity index (χ3n) is 3.12. The minimum absolute atomic E-state index is 0.161. The molecule has 0 atom stereocenters. The van der Waals surface area contributed by atoms with E-state index in [9.17, 15) is 9.59 Å². The molecule has 0 amide bonds. The van der Waals surface area contributed by atoms with Crippen LogP contribution in [0.2, 0.25) is 0 Å². The van der Waals surface area contributed by atoms with Gasteiger partial charge in [0, 0.05) is 30.2 Å². The largest absolute Gasteiger partial charge is 0.419 e. The Morgan fingerprint density at radius 1 is 1.14 bits per heavy atom. The summed E-state index contributed by atoms with van der Waals surface area (Å²) < 4.78 is 11.0. The van der Waals surface area contributed by atoms with E-state index in [1.165, 1.54) is 20.0 Å². The molecule has 0 aliphatic carbocycles. The number of benzene rings is 1. The highest BCUT2D eigenvalue weighted by atomic mass is 79.9. The van der Waals surface area contributed by atoms with E-state index in [0.29, 0.717) is 0 Å². The summed E-state index contributed by atoms with van der Waals surface area (Å²) in [4.78, 5) is 23.6. The maximum atomic E-state index is 11.8. The maximum Gasteiger partial charge on any atom is 0.350 e. The Hall–Kier alpha value is -1.82. The van der Waals surface area contributed by atoms with Crippen molar-refractivity contribution in [2.24, 2.45) is 0 Å². The lowest BCUT2D eigenvalue weighted by Gasteiger charge is -2.29. The number of ether oxygens (including phenoxy) is 2. The van der Waals surface area contributed by atoms with Crippen LogP contribution >= 0.6 is 15.9 Å². The van der Waals surface area contributed by atoms with E-state index >= 15 is 0 Å². The van der Waals surface area contributed by atoms with Gasteiger partial charge in [-0.2, -0.15) is 0 Å². The Balaban J connectivity index is 2.26. The quantitative estimate of drug-likeness (QED) is 0.502. The van der Waals surface area contributed by atoms with E-state index in [-0.39, 0.29) is 5.57 Å². The van der Waals surface area contributed by atoms with Crippen LogP contribution in [0.15, 0.2) is 28.4 Å². The van der Waals surface area contributed by atoms with Crippen LogP contribution in [0, 0.1) is 13.8 Å². The number of rotatable bonds is 2. The summed E-state index contributed by atoms with van der Waals surface area (Å²) in [7, 11) is 0. The molecule has 1 N–H and O–H groups in total. The molecule has 1 aromatic carbocycles. The summed E-state index contributed by atoms with van der Waals surface area (Å²) in [6.45, 7) is 6.94. The van der Waals surface area contributed by atoms with Gasteiger partial charge in [0.15, 0.2) is 5.57 Å². The van der Waals surface area contributed by atoms with Crippen LogP contribution in [0.25, 0.3) is 0 Å². The summed E-state index contributed by atoms with van der Waals surface area (Å²) in [5, 5.41) is 2.96. The number of aryl methyl sites for hydroxylation is 1. The van der Waals surface area contributed by atoms with Crippen LogP contribution in [0.4, 0.5) is 5.69 Å². The Morgan fingerprint density at radius 3 is 2.29 bits per heavy atom. The zero-order valence-electron chi connectivity index (χ0n) is 12.2. The van der Waals surface area contributed by atoms with E-state index < -0.39 is 17.7 Å². The average molecular weight is 354 g/mol. The van der Waals surface area contributed by atoms with Crippen molar-refractivity contribution in [3.05, 3.63) is 39.5 Å². The first-order chi connectivity index (χ1) is 9.69. The number of cyclic esters (lactones) is 2. The zero-order chi connectivity index (χ0) is 15.8. The van der Waals surface area contributed by atoms with Crippen molar-refractivity contribution in [1.29, 1.82) is 0 Å². The number of hydrogen-bond donors (Lipinski definition) is 1. The second-order valence-electron chi connectivity index (χ2n) is 5.28. The van der Waals surface area contributed by atoms with Crippen LogP contribution in [-0.4, -0.2) is 17.7 Å². The van der Waals surface area contributed by atoms with E-state index in [1.54, 1.807) is 0 Å². The van der Waals surface area contributed by atoms with Gasteiger partial charge in [-0.1, -0.05) is 15.9 Å². The molecule has 1 aromatic rings. The van der Waals surface area contributed by atoms with Crippen LogP contribution in [0.1, 0.15) is 25.0 Å².